The Hall–Kier alpha value is 0.280. The van der Waals surface area contributed by atoms with Gasteiger partial charge in [-0.25, -0.2) is 4.42 Å². The van der Waals surface area contributed by atoms with Gasteiger partial charge < -0.3 is 28.3 Å². The van der Waals surface area contributed by atoms with Crippen LogP contribution in [-0.4, -0.2) is 135 Å². The topological polar surface area (TPSA) is 129 Å². The van der Waals surface area contributed by atoms with Crippen LogP contribution in [0.5, 0.6) is 0 Å². The predicted molar refractivity (Wildman–Crippen MR) is 134 cm³/mol. The van der Waals surface area contributed by atoms with Gasteiger partial charge in [-0.3, -0.25) is 14.7 Å². The third-order valence-electron chi connectivity index (χ3n) is 4.84. The molecule has 0 bridgehead atoms. The van der Waals surface area contributed by atoms with Crippen molar-refractivity contribution in [3.05, 3.63) is 0 Å². The first-order valence-electron chi connectivity index (χ1n) is 11.3. The van der Waals surface area contributed by atoms with Crippen molar-refractivity contribution in [1.82, 2.24) is 24.4 Å². The molecule has 0 heterocycles. The van der Waals surface area contributed by atoms with Gasteiger partial charge in [-0.1, -0.05) is 6.92 Å². The summed E-state index contributed by atoms with van der Waals surface area (Å²) in [5.74, 6) is 2.14. The Morgan fingerprint density at radius 1 is 0.633 bits per heavy atom. The molecule has 0 aliphatic carbocycles. The quantitative estimate of drug-likeness (QED) is 0.0683. The summed E-state index contributed by atoms with van der Waals surface area (Å²) in [5.41, 5.74) is 23.0. The van der Waals surface area contributed by atoms with Gasteiger partial charge >= 0.3 is 0 Å². The maximum absolute atomic E-state index is 6.49. The van der Waals surface area contributed by atoms with Gasteiger partial charge in [0.25, 0.3) is 0 Å². The van der Waals surface area contributed by atoms with E-state index in [1.807, 2.05) is 16.2 Å². The summed E-state index contributed by atoms with van der Waals surface area (Å²) in [6, 6.07) is 0. The highest BCUT2D eigenvalue weighted by Gasteiger charge is 2.11. The van der Waals surface area contributed by atoms with E-state index in [0.29, 0.717) is 26.2 Å². The van der Waals surface area contributed by atoms with Crippen LogP contribution in [0.2, 0.25) is 0 Å². The Kier molecular flexibility index (Phi) is 22.7. The molecule has 0 radical (unpaired) electrons. The number of nitrogens with two attached hydrogens (primary N) is 4. The van der Waals surface area contributed by atoms with Crippen LogP contribution in [0.1, 0.15) is 6.92 Å². The molecular formula is C19H48ClN9S. The van der Waals surface area contributed by atoms with Crippen molar-refractivity contribution < 1.29 is 0 Å². The third-order valence-corrected chi connectivity index (χ3v) is 6.00. The lowest BCUT2D eigenvalue weighted by Crippen LogP contribution is -2.43. The maximum Gasteiger partial charge on any atom is 0.0418 e. The van der Waals surface area contributed by atoms with Crippen LogP contribution in [0, 0.1) is 0 Å². The second-order valence-corrected chi connectivity index (χ2v) is 8.98. The molecule has 0 rings (SSSR count). The van der Waals surface area contributed by atoms with Crippen LogP contribution in [0.3, 0.4) is 0 Å². The van der Waals surface area contributed by atoms with Crippen molar-refractivity contribution in [2.24, 2.45) is 22.9 Å². The van der Waals surface area contributed by atoms with Crippen LogP contribution in [0.15, 0.2) is 0 Å². The monoisotopic (exact) mass is 469 g/mol. The van der Waals surface area contributed by atoms with Gasteiger partial charge in [-0.05, 0) is 17.5 Å². The molecule has 0 aromatic heterocycles. The molecule has 0 saturated heterocycles. The minimum atomic E-state index is 0.643. The molecule has 0 atom stereocenters. The van der Waals surface area contributed by atoms with Gasteiger partial charge in [0.15, 0.2) is 0 Å². The summed E-state index contributed by atoms with van der Waals surface area (Å²) in [6.45, 7) is 15.6. The Bertz CT molecular complexity index is 352. The van der Waals surface area contributed by atoms with Crippen molar-refractivity contribution >= 4 is 23.5 Å². The predicted octanol–water partition coefficient (Wildman–Crippen LogP) is -1.52. The molecule has 0 aliphatic heterocycles. The summed E-state index contributed by atoms with van der Waals surface area (Å²) in [4.78, 5) is 7.04. The molecule has 0 amide bonds. The molecule has 0 aromatic carbocycles. The van der Waals surface area contributed by atoms with E-state index in [2.05, 4.69) is 26.9 Å². The minimum absolute atomic E-state index is 0.643. The van der Waals surface area contributed by atoms with Crippen molar-refractivity contribution in [2.75, 3.05) is 116 Å². The van der Waals surface area contributed by atoms with Crippen molar-refractivity contribution in [2.45, 2.75) is 6.92 Å². The number of hydrogen-bond donors (Lipinski definition) is 5. The maximum atomic E-state index is 6.49. The van der Waals surface area contributed by atoms with Gasteiger partial charge in [0, 0.05) is 111 Å². The second kappa shape index (κ2) is 22.5. The molecule has 0 aromatic rings. The molecule has 9 nitrogen and oxygen atoms in total. The van der Waals surface area contributed by atoms with Gasteiger partial charge in [-0.2, -0.15) is 0 Å². The van der Waals surface area contributed by atoms with E-state index in [9.17, 15) is 0 Å². The number of halogens is 1. The number of hydrogen-bond acceptors (Lipinski definition) is 10. The van der Waals surface area contributed by atoms with E-state index >= 15 is 0 Å². The third kappa shape index (κ3) is 17.9. The van der Waals surface area contributed by atoms with Gasteiger partial charge in [-0.15, -0.1) is 11.8 Å². The normalized spacial score (nSPS) is 12.2. The van der Waals surface area contributed by atoms with Crippen LogP contribution in [0.25, 0.3) is 0 Å². The van der Waals surface area contributed by atoms with Crippen LogP contribution in [-0.2, 0) is 0 Å². The summed E-state index contributed by atoms with van der Waals surface area (Å²) in [7, 11) is 0. The lowest BCUT2D eigenvalue weighted by molar-refractivity contribution is 0.198. The van der Waals surface area contributed by atoms with E-state index in [4.69, 9.17) is 34.7 Å². The highest BCUT2D eigenvalue weighted by molar-refractivity contribution is 7.99. The minimum Gasteiger partial charge on any atom is -0.329 e. The van der Waals surface area contributed by atoms with E-state index in [0.717, 1.165) is 90.2 Å². The molecule has 30 heavy (non-hydrogen) atoms. The molecule has 11 heteroatoms. The highest BCUT2D eigenvalue weighted by atomic mass is 35.5. The summed E-state index contributed by atoms with van der Waals surface area (Å²) in [5, 5.41) is 3.45. The molecular weight excluding hydrogens is 422 g/mol. The number of rotatable bonds is 23. The largest absolute Gasteiger partial charge is 0.329 e. The molecule has 0 spiro atoms. The van der Waals surface area contributed by atoms with Crippen molar-refractivity contribution in [3.8, 4) is 0 Å². The first-order valence-corrected chi connectivity index (χ1v) is 12.8. The van der Waals surface area contributed by atoms with Gasteiger partial charge in [0.1, 0.15) is 0 Å². The Labute approximate surface area is 194 Å². The number of thioether (sulfide) groups is 1. The summed E-state index contributed by atoms with van der Waals surface area (Å²) >= 11 is 8.39. The average Bonchev–Trinajstić information content (AvgIpc) is 2.73. The fraction of sp³-hybridized carbons (Fsp3) is 1.00. The van der Waals surface area contributed by atoms with Crippen LogP contribution in [0.4, 0.5) is 0 Å². The zero-order valence-corrected chi connectivity index (χ0v) is 20.7. The second-order valence-electron chi connectivity index (χ2n) is 7.23. The first kappa shape index (κ1) is 30.3. The van der Waals surface area contributed by atoms with E-state index in [1.165, 1.54) is 0 Å². The Morgan fingerprint density at radius 3 is 1.47 bits per heavy atom. The van der Waals surface area contributed by atoms with Crippen LogP contribution < -0.4 is 28.3 Å². The van der Waals surface area contributed by atoms with Crippen LogP contribution >= 0.6 is 23.5 Å². The first-order chi connectivity index (χ1) is 14.6. The standard InChI is InChI=1S/C19H48ClN9S/c1-2-30-19-25-7-12-27(10-5-23)15-17-29(20)18-16-28(11-6-24)14-13-26(8-3-21)9-4-22/h25H,2-19,21-24H2,1H3. The fourth-order valence-corrected chi connectivity index (χ4v) is 3.76. The summed E-state index contributed by atoms with van der Waals surface area (Å²) < 4.78 is 1.88. The number of nitrogens with zero attached hydrogens (tertiary/aromatic N) is 4. The molecule has 0 saturated carbocycles. The van der Waals surface area contributed by atoms with Crippen molar-refractivity contribution in [3.63, 3.8) is 0 Å². The fourth-order valence-electron chi connectivity index (χ4n) is 3.11. The lowest BCUT2D eigenvalue weighted by Gasteiger charge is -2.28. The van der Waals surface area contributed by atoms with E-state index in [-0.39, 0.29) is 0 Å². The molecule has 0 unspecified atom stereocenters. The zero-order chi connectivity index (χ0) is 22.5. The summed E-state index contributed by atoms with van der Waals surface area (Å²) in [6.07, 6.45) is 0. The van der Waals surface area contributed by atoms with E-state index in [1.54, 1.807) is 0 Å². The Morgan fingerprint density at radius 2 is 1.03 bits per heavy atom. The molecule has 182 valence electrons. The smallest absolute Gasteiger partial charge is 0.0418 e. The van der Waals surface area contributed by atoms with Crippen molar-refractivity contribution in [1.29, 1.82) is 0 Å². The van der Waals surface area contributed by atoms with E-state index < -0.39 is 0 Å². The van der Waals surface area contributed by atoms with Gasteiger partial charge in [0.2, 0.25) is 0 Å². The lowest BCUT2D eigenvalue weighted by atomic mass is 10.3. The average molecular weight is 470 g/mol. The Balaban J connectivity index is 4.21. The zero-order valence-electron chi connectivity index (χ0n) is 19.1. The molecule has 9 N–H and O–H groups in total. The van der Waals surface area contributed by atoms with Gasteiger partial charge in [0.05, 0.1) is 0 Å². The molecule has 0 aliphatic rings. The number of nitrogens with one attached hydrogen (secondary N) is 1. The SMILES string of the molecule is CCSCNCCN(CCN)CCN(Cl)CCN(CCN)CCN(CCN)CCN. The highest BCUT2D eigenvalue weighted by Crippen LogP contribution is 1.99. The molecule has 0 fully saturated rings.